The Hall–Kier alpha value is -1.20. The van der Waals surface area contributed by atoms with Crippen LogP contribution in [0.1, 0.15) is 16.1 Å². The van der Waals surface area contributed by atoms with E-state index in [9.17, 15) is 18.0 Å². The van der Waals surface area contributed by atoms with Crippen LogP contribution in [0.3, 0.4) is 0 Å². The fourth-order valence-electron chi connectivity index (χ4n) is 1.78. The van der Waals surface area contributed by atoms with E-state index in [0.717, 1.165) is 0 Å². The van der Waals surface area contributed by atoms with Crippen molar-refractivity contribution in [2.45, 2.75) is 13.1 Å². The van der Waals surface area contributed by atoms with E-state index < -0.39 is 17.5 Å². The SMILES string of the molecule is Cc1[nH]c2ccc(Cl)c(Cl)c2c1C(=O)C(F)(F)F. The zero-order valence-corrected chi connectivity index (χ0v) is 10.5. The second-order valence-electron chi connectivity index (χ2n) is 3.74. The van der Waals surface area contributed by atoms with Crippen LogP contribution < -0.4 is 0 Å². The maximum absolute atomic E-state index is 12.5. The van der Waals surface area contributed by atoms with Crippen LogP contribution >= 0.6 is 23.2 Å². The number of H-pyrrole nitrogens is 1. The number of carbonyl (C=O) groups is 1. The van der Waals surface area contributed by atoms with Gasteiger partial charge in [-0.3, -0.25) is 4.79 Å². The Balaban J connectivity index is 2.82. The van der Waals surface area contributed by atoms with Gasteiger partial charge in [-0.2, -0.15) is 13.2 Å². The van der Waals surface area contributed by atoms with Crippen LogP contribution in [0.4, 0.5) is 13.2 Å². The van der Waals surface area contributed by atoms with Gasteiger partial charge < -0.3 is 4.98 Å². The van der Waals surface area contributed by atoms with Gasteiger partial charge in [-0.25, -0.2) is 0 Å². The Kier molecular flexibility index (Phi) is 3.07. The molecule has 96 valence electrons. The summed E-state index contributed by atoms with van der Waals surface area (Å²) in [5.74, 6) is -1.93. The van der Waals surface area contributed by atoms with Crippen LogP contribution in [0, 0.1) is 6.92 Å². The number of rotatable bonds is 1. The Morgan fingerprint density at radius 2 is 1.89 bits per heavy atom. The van der Waals surface area contributed by atoms with Crippen LogP contribution in [0.5, 0.6) is 0 Å². The molecule has 0 aliphatic rings. The topological polar surface area (TPSA) is 32.9 Å². The summed E-state index contributed by atoms with van der Waals surface area (Å²) < 4.78 is 37.5. The second-order valence-corrected chi connectivity index (χ2v) is 4.52. The van der Waals surface area contributed by atoms with E-state index in [2.05, 4.69) is 4.98 Å². The molecule has 0 bridgehead atoms. The number of Topliss-reactive ketones (excluding diaryl/α,β-unsaturated/α-hetero) is 1. The third-order valence-electron chi connectivity index (χ3n) is 2.53. The van der Waals surface area contributed by atoms with Crippen LogP contribution in [-0.4, -0.2) is 16.9 Å². The first-order valence-electron chi connectivity index (χ1n) is 4.81. The van der Waals surface area contributed by atoms with Crippen molar-refractivity contribution >= 4 is 39.9 Å². The molecule has 2 aromatic rings. The monoisotopic (exact) mass is 295 g/mol. The molecule has 0 amide bonds. The number of carbonyl (C=O) groups excluding carboxylic acids is 1. The number of fused-ring (bicyclic) bond motifs is 1. The first-order valence-corrected chi connectivity index (χ1v) is 5.57. The second kappa shape index (κ2) is 4.17. The number of aromatic nitrogens is 1. The third kappa shape index (κ3) is 1.97. The molecule has 0 unspecified atom stereocenters. The number of aromatic amines is 1. The summed E-state index contributed by atoms with van der Waals surface area (Å²) in [6.45, 7) is 1.38. The van der Waals surface area contributed by atoms with Gasteiger partial charge >= 0.3 is 6.18 Å². The highest BCUT2D eigenvalue weighted by molar-refractivity contribution is 6.46. The summed E-state index contributed by atoms with van der Waals surface area (Å²) in [5, 5.41) is 0.0366. The molecule has 1 aromatic carbocycles. The van der Waals surface area contributed by atoms with Crippen molar-refractivity contribution < 1.29 is 18.0 Å². The minimum atomic E-state index is -4.95. The molecule has 1 aromatic heterocycles. The molecule has 0 radical (unpaired) electrons. The number of nitrogens with one attached hydrogen (secondary N) is 1. The van der Waals surface area contributed by atoms with E-state index in [1.54, 1.807) is 0 Å². The van der Waals surface area contributed by atoms with Crippen molar-refractivity contribution in [2.24, 2.45) is 0 Å². The molecule has 0 spiro atoms. The fourth-order valence-corrected chi connectivity index (χ4v) is 2.19. The van der Waals surface area contributed by atoms with Gasteiger partial charge in [-0.1, -0.05) is 23.2 Å². The lowest BCUT2D eigenvalue weighted by molar-refractivity contribution is -0.0884. The van der Waals surface area contributed by atoms with E-state index in [1.165, 1.54) is 19.1 Å². The zero-order valence-electron chi connectivity index (χ0n) is 8.95. The van der Waals surface area contributed by atoms with E-state index in [-0.39, 0.29) is 21.1 Å². The summed E-state index contributed by atoms with van der Waals surface area (Å²) in [4.78, 5) is 14.1. The standard InChI is InChI=1S/C11H6Cl2F3NO/c1-4-7(10(18)11(14,15)16)8-6(17-4)3-2-5(12)9(8)13/h2-3,17H,1H3. The quantitative estimate of drug-likeness (QED) is 0.771. The average Bonchev–Trinajstić information content (AvgIpc) is 2.58. The number of hydrogen-bond acceptors (Lipinski definition) is 1. The van der Waals surface area contributed by atoms with Crippen molar-refractivity contribution in [3.8, 4) is 0 Å². The highest BCUT2D eigenvalue weighted by Gasteiger charge is 2.41. The lowest BCUT2D eigenvalue weighted by atomic mass is 10.1. The maximum Gasteiger partial charge on any atom is 0.454 e. The minimum absolute atomic E-state index is 0.00370. The summed E-state index contributed by atoms with van der Waals surface area (Å²) in [7, 11) is 0. The van der Waals surface area contributed by atoms with Gasteiger partial charge in [0.2, 0.25) is 0 Å². The predicted octanol–water partition coefficient (Wildman–Crippen LogP) is 4.53. The summed E-state index contributed by atoms with van der Waals surface area (Å²) in [5.41, 5.74) is -0.0315. The Morgan fingerprint density at radius 3 is 2.44 bits per heavy atom. The number of hydrogen-bond donors (Lipinski definition) is 1. The van der Waals surface area contributed by atoms with Crippen molar-refractivity contribution in [1.29, 1.82) is 0 Å². The molecule has 2 nitrogen and oxygen atoms in total. The number of aryl methyl sites for hydroxylation is 1. The Morgan fingerprint density at radius 1 is 1.28 bits per heavy atom. The van der Waals surface area contributed by atoms with Crippen molar-refractivity contribution in [1.82, 2.24) is 4.98 Å². The van der Waals surface area contributed by atoms with Crippen molar-refractivity contribution in [3.63, 3.8) is 0 Å². The first kappa shape index (κ1) is 13.2. The lowest BCUT2D eigenvalue weighted by Gasteiger charge is -2.06. The van der Waals surface area contributed by atoms with E-state index >= 15 is 0 Å². The van der Waals surface area contributed by atoms with E-state index in [1.807, 2.05) is 0 Å². The smallest absolute Gasteiger partial charge is 0.358 e. The fraction of sp³-hybridized carbons (Fsp3) is 0.182. The highest BCUT2D eigenvalue weighted by Crippen LogP contribution is 2.37. The molecule has 0 atom stereocenters. The molecular weight excluding hydrogens is 290 g/mol. The molecule has 7 heteroatoms. The van der Waals surface area contributed by atoms with E-state index in [4.69, 9.17) is 23.2 Å². The predicted molar refractivity (Wildman–Crippen MR) is 63.4 cm³/mol. The van der Waals surface area contributed by atoms with Crippen LogP contribution in [0.25, 0.3) is 10.9 Å². The molecule has 0 fully saturated rings. The van der Waals surface area contributed by atoms with Crippen LogP contribution in [-0.2, 0) is 0 Å². The largest absolute Gasteiger partial charge is 0.454 e. The van der Waals surface area contributed by atoms with Crippen molar-refractivity contribution in [3.05, 3.63) is 33.4 Å². The molecule has 0 aliphatic heterocycles. The molecule has 0 aliphatic carbocycles. The first-order chi connectivity index (χ1) is 8.23. The normalized spacial score (nSPS) is 12.1. The van der Waals surface area contributed by atoms with Gasteiger partial charge in [0, 0.05) is 16.6 Å². The van der Waals surface area contributed by atoms with Gasteiger partial charge in [0.15, 0.2) is 0 Å². The van der Waals surface area contributed by atoms with Gasteiger partial charge in [0.1, 0.15) is 0 Å². The van der Waals surface area contributed by atoms with Gasteiger partial charge in [0.25, 0.3) is 5.78 Å². The zero-order chi connectivity index (χ0) is 13.7. The lowest BCUT2D eigenvalue weighted by Crippen LogP contribution is -2.23. The van der Waals surface area contributed by atoms with Crippen molar-refractivity contribution in [2.75, 3.05) is 0 Å². The van der Waals surface area contributed by atoms with Gasteiger partial charge in [-0.05, 0) is 19.1 Å². The number of alkyl halides is 3. The summed E-state index contributed by atoms with van der Waals surface area (Å²) >= 11 is 11.6. The molecule has 18 heavy (non-hydrogen) atoms. The Labute approximate surface area is 110 Å². The minimum Gasteiger partial charge on any atom is -0.358 e. The summed E-state index contributed by atoms with van der Waals surface area (Å²) in [6, 6.07) is 2.92. The third-order valence-corrected chi connectivity index (χ3v) is 3.33. The van der Waals surface area contributed by atoms with Gasteiger partial charge in [-0.15, -0.1) is 0 Å². The molecule has 1 heterocycles. The Bertz CT molecular complexity index is 646. The molecular formula is C11H6Cl2F3NO. The average molecular weight is 296 g/mol. The molecule has 0 saturated heterocycles. The number of ketones is 1. The van der Waals surface area contributed by atoms with Crippen LogP contribution in [0.15, 0.2) is 12.1 Å². The van der Waals surface area contributed by atoms with Crippen LogP contribution in [0.2, 0.25) is 10.0 Å². The molecule has 1 N–H and O–H groups in total. The number of benzene rings is 1. The summed E-state index contributed by atoms with van der Waals surface area (Å²) in [6.07, 6.45) is -4.95. The maximum atomic E-state index is 12.5. The molecule has 2 rings (SSSR count). The highest BCUT2D eigenvalue weighted by atomic mass is 35.5. The number of halogens is 5. The van der Waals surface area contributed by atoms with E-state index in [0.29, 0.717) is 5.52 Å². The van der Waals surface area contributed by atoms with Gasteiger partial charge in [0.05, 0.1) is 15.6 Å². The molecule has 0 saturated carbocycles.